The van der Waals surface area contributed by atoms with Crippen LogP contribution in [-0.4, -0.2) is 21.4 Å². The van der Waals surface area contributed by atoms with Crippen molar-refractivity contribution >= 4 is 33.0 Å². The Morgan fingerprint density at radius 3 is 2.41 bits per heavy atom. The van der Waals surface area contributed by atoms with Crippen LogP contribution in [-0.2, 0) is 14.8 Å². The molecule has 0 aliphatic rings. The monoisotopic (exact) mass is 338 g/mol. The van der Waals surface area contributed by atoms with Crippen molar-refractivity contribution in [1.29, 1.82) is 0 Å². The second-order valence-corrected chi connectivity index (χ2v) is 7.59. The Morgan fingerprint density at radius 1 is 1.23 bits per heavy atom. The summed E-state index contributed by atoms with van der Waals surface area (Å²) in [4.78, 5) is 11.8. The summed E-state index contributed by atoms with van der Waals surface area (Å²) in [5.41, 5.74) is 1.34. The normalized spacial score (nSPS) is 12.6. The lowest BCUT2D eigenvalue weighted by atomic mass is 9.95. The van der Waals surface area contributed by atoms with E-state index in [2.05, 4.69) is 10.0 Å². The van der Waals surface area contributed by atoms with Crippen LogP contribution in [0.2, 0.25) is 0 Å². The fourth-order valence-electron chi connectivity index (χ4n) is 2.15. The molecule has 1 heterocycles. The highest BCUT2D eigenvalue weighted by atomic mass is 32.2. The molecular weight excluding hydrogens is 320 g/mol. The molecule has 0 radical (unpaired) electrons. The van der Waals surface area contributed by atoms with E-state index in [-0.39, 0.29) is 16.0 Å². The van der Waals surface area contributed by atoms with Crippen molar-refractivity contribution in [3.8, 4) is 0 Å². The number of nitrogens with one attached hydrogen (secondary N) is 2. The van der Waals surface area contributed by atoms with E-state index in [0.717, 1.165) is 16.9 Å². The number of anilines is 1. The Labute approximate surface area is 134 Å². The molecule has 0 unspecified atom stereocenters. The Hall–Kier alpha value is -1.86. The van der Waals surface area contributed by atoms with Gasteiger partial charge in [0.05, 0.1) is 5.92 Å². The Kier molecular flexibility index (Phi) is 5.20. The molecule has 0 aliphatic heterocycles. The van der Waals surface area contributed by atoms with Gasteiger partial charge in [0.2, 0.25) is 5.91 Å². The van der Waals surface area contributed by atoms with Crippen LogP contribution in [0.4, 0.5) is 5.69 Å². The molecule has 7 heteroatoms. The third kappa shape index (κ3) is 3.66. The molecule has 2 aromatic rings. The molecule has 0 saturated heterocycles. The Morgan fingerprint density at radius 2 is 1.91 bits per heavy atom. The highest BCUT2D eigenvalue weighted by Crippen LogP contribution is 2.24. The predicted octanol–water partition coefficient (Wildman–Crippen LogP) is 2.79. The highest BCUT2D eigenvalue weighted by molar-refractivity contribution is 7.94. The van der Waals surface area contributed by atoms with E-state index in [9.17, 15) is 13.2 Å². The van der Waals surface area contributed by atoms with E-state index in [1.165, 1.54) is 0 Å². The lowest BCUT2D eigenvalue weighted by Crippen LogP contribution is -2.25. The molecule has 2 N–H and O–H groups in total. The third-order valence-corrected chi connectivity index (χ3v) is 6.08. The van der Waals surface area contributed by atoms with Gasteiger partial charge in [0.15, 0.2) is 0 Å². The molecule has 118 valence electrons. The summed E-state index contributed by atoms with van der Waals surface area (Å²) in [5, 5.41) is 4.35. The van der Waals surface area contributed by atoms with Crippen molar-refractivity contribution in [2.24, 2.45) is 0 Å². The van der Waals surface area contributed by atoms with Gasteiger partial charge in [-0.25, -0.2) is 8.42 Å². The number of amides is 1. The largest absolute Gasteiger partial charge is 0.359 e. The molecule has 0 bridgehead atoms. The summed E-state index contributed by atoms with van der Waals surface area (Å²) in [6.07, 6.45) is 0.680. The van der Waals surface area contributed by atoms with Crippen LogP contribution in [0.3, 0.4) is 0 Å². The molecule has 5 nitrogen and oxygen atoms in total. The number of hydrogen-bond donors (Lipinski definition) is 2. The van der Waals surface area contributed by atoms with Gasteiger partial charge in [-0.2, -0.15) is 0 Å². The van der Waals surface area contributed by atoms with Gasteiger partial charge in [0.1, 0.15) is 4.21 Å². The zero-order chi connectivity index (χ0) is 16.2. The lowest BCUT2D eigenvalue weighted by molar-refractivity contribution is -0.122. The van der Waals surface area contributed by atoms with E-state index in [1.54, 1.807) is 48.8 Å². The molecule has 0 saturated carbocycles. The topological polar surface area (TPSA) is 75.3 Å². The minimum atomic E-state index is -3.54. The standard InChI is InChI=1S/C15H18N2O3S2/c1-3-13(15(18)16-2)11-6-8-12(9-7-11)17-22(19,20)14-5-4-10-21-14/h4-10,13,17H,3H2,1-2H3,(H,16,18)/t13-/m1/s1. The molecule has 2 rings (SSSR count). The summed E-state index contributed by atoms with van der Waals surface area (Å²) >= 11 is 1.16. The lowest BCUT2D eigenvalue weighted by Gasteiger charge is -2.14. The van der Waals surface area contributed by atoms with Gasteiger partial charge in [0.25, 0.3) is 10.0 Å². The maximum atomic E-state index is 12.1. The molecule has 0 aliphatic carbocycles. The number of likely N-dealkylation sites (N-methyl/N-ethyl adjacent to an activating group) is 1. The molecular formula is C15H18N2O3S2. The molecule has 0 spiro atoms. The average Bonchev–Trinajstić information content (AvgIpc) is 3.04. The average molecular weight is 338 g/mol. The second-order valence-electron chi connectivity index (χ2n) is 4.73. The van der Waals surface area contributed by atoms with Crippen molar-refractivity contribution in [2.75, 3.05) is 11.8 Å². The van der Waals surface area contributed by atoms with Crippen molar-refractivity contribution in [2.45, 2.75) is 23.5 Å². The van der Waals surface area contributed by atoms with E-state index >= 15 is 0 Å². The minimum absolute atomic E-state index is 0.0468. The van der Waals surface area contributed by atoms with Gasteiger partial charge < -0.3 is 5.32 Å². The van der Waals surface area contributed by atoms with Crippen molar-refractivity contribution in [3.05, 3.63) is 47.3 Å². The molecule has 0 fully saturated rings. The second kappa shape index (κ2) is 6.93. The Bertz CT molecular complexity index is 723. The first-order valence-electron chi connectivity index (χ1n) is 6.85. The zero-order valence-corrected chi connectivity index (χ0v) is 14.0. The summed E-state index contributed by atoms with van der Waals surface area (Å²) in [7, 11) is -1.93. The SMILES string of the molecule is CC[C@@H](C(=O)NC)c1ccc(NS(=O)(=O)c2cccs2)cc1. The van der Waals surface area contributed by atoms with E-state index < -0.39 is 10.0 Å². The van der Waals surface area contributed by atoms with Crippen molar-refractivity contribution < 1.29 is 13.2 Å². The zero-order valence-electron chi connectivity index (χ0n) is 12.4. The van der Waals surface area contributed by atoms with Crippen LogP contribution >= 0.6 is 11.3 Å². The van der Waals surface area contributed by atoms with Crippen LogP contribution in [0.1, 0.15) is 24.8 Å². The number of carbonyl (C=O) groups excluding carboxylic acids is 1. The van der Waals surface area contributed by atoms with Gasteiger partial charge in [-0.3, -0.25) is 9.52 Å². The van der Waals surface area contributed by atoms with E-state index in [0.29, 0.717) is 12.1 Å². The fourth-order valence-corrected chi connectivity index (χ4v) is 4.20. The van der Waals surface area contributed by atoms with Crippen LogP contribution in [0.5, 0.6) is 0 Å². The van der Waals surface area contributed by atoms with E-state index in [1.807, 2.05) is 6.92 Å². The number of thiophene rings is 1. The summed E-state index contributed by atoms with van der Waals surface area (Å²) in [6.45, 7) is 1.94. The molecule has 22 heavy (non-hydrogen) atoms. The number of hydrogen-bond acceptors (Lipinski definition) is 4. The maximum Gasteiger partial charge on any atom is 0.271 e. The maximum absolute atomic E-state index is 12.1. The first-order chi connectivity index (χ1) is 10.5. The van der Waals surface area contributed by atoms with Gasteiger partial charge in [0, 0.05) is 12.7 Å². The van der Waals surface area contributed by atoms with Crippen molar-refractivity contribution in [3.63, 3.8) is 0 Å². The van der Waals surface area contributed by atoms with Gasteiger partial charge in [-0.1, -0.05) is 25.1 Å². The predicted molar refractivity (Wildman–Crippen MR) is 88.7 cm³/mol. The highest BCUT2D eigenvalue weighted by Gasteiger charge is 2.18. The van der Waals surface area contributed by atoms with Gasteiger partial charge in [-0.05, 0) is 35.6 Å². The first kappa shape index (κ1) is 16.5. The Balaban J connectivity index is 2.17. The van der Waals surface area contributed by atoms with Crippen molar-refractivity contribution in [1.82, 2.24) is 5.32 Å². The third-order valence-electron chi connectivity index (χ3n) is 3.30. The molecule has 1 aromatic carbocycles. The first-order valence-corrected chi connectivity index (χ1v) is 9.22. The van der Waals surface area contributed by atoms with Crippen LogP contribution < -0.4 is 10.0 Å². The summed E-state index contributed by atoms with van der Waals surface area (Å²) in [6, 6.07) is 10.1. The fraction of sp³-hybridized carbons (Fsp3) is 0.267. The smallest absolute Gasteiger partial charge is 0.271 e. The van der Waals surface area contributed by atoms with Crippen LogP contribution in [0, 0.1) is 0 Å². The summed E-state index contributed by atoms with van der Waals surface area (Å²) in [5.74, 6) is -0.276. The number of benzene rings is 1. The molecule has 1 aromatic heterocycles. The quantitative estimate of drug-likeness (QED) is 0.850. The number of rotatable bonds is 6. The van der Waals surface area contributed by atoms with Gasteiger partial charge in [-0.15, -0.1) is 11.3 Å². The van der Waals surface area contributed by atoms with E-state index in [4.69, 9.17) is 0 Å². The van der Waals surface area contributed by atoms with Crippen LogP contribution in [0.15, 0.2) is 46.0 Å². The number of carbonyl (C=O) groups is 1. The van der Waals surface area contributed by atoms with Gasteiger partial charge >= 0.3 is 0 Å². The minimum Gasteiger partial charge on any atom is -0.359 e. The summed E-state index contributed by atoms with van der Waals surface area (Å²) < 4.78 is 27.1. The van der Waals surface area contributed by atoms with Crippen LogP contribution in [0.25, 0.3) is 0 Å². The molecule has 1 amide bonds. The molecule has 1 atom stereocenters. The number of sulfonamides is 1.